The SMILES string of the molecule is CN(C)C(=O)[C@@H]1CC(NC(=O)c2nc3cn(C)cc3s2)CC(N2Nc3cc(Cl)ccc3C=C2C(N)=O)C1. The molecule has 2 unspecified atom stereocenters. The Bertz CT molecular complexity index is 1400. The third kappa shape index (κ3) is 5.01. The minimum absolute atomic E-state index is 0.0329. The van der Waals surface area contributed by atoms with Gasteiger partial charge >= 0.3 is 0 Å². The summed E-state index contributed by atoms with van der Waals surface area (Å²) in [7, 11) is 5.34. The number of nitrogens with two attached hydrogens (primary N) is 1. The molecule has 1 aromatic carbocycles. The van der Waals surface area contributed by atoms with Gasteiger partial charge < -0.3 is 20.5 Å². The maximum absolute atomic E-state index is 13.1. The molecule has 1 aliphatic heterocycles. The summed E-state index contributed by atoms with van der Waals surface area (Å²) in [5, 5.41) is 5.73. The zero-order chi connectivity index (χ0) is 26.4. The highest BCUT2D eigenvalue weighted by Gasteiger charge is 2.39. The van der Waals surface area contributed by atoms with Crippen molar-refractivity contribution in [1.29, 1.82) is 0 Å². The molecular formula is C25H28ClN7O3S. The van der Waals surface area contributed by atoms with Crippen molar-refractivity contribution in [3.05, 3.63) is 51.9 Å². The van der Waals surface area contributed by atoms with Crippen LogP contribution in [0.5, 0.6) is 0 Å². The zero-order valence-corrected chi connectivity index (χ0v) is 22.3. The quantitative estimate of drug-likeness (QED) is 0.456. The van der Waals surface area contributed by atoms with Crippen LogP contribution in [0.1, 0.15) is 34.6 Å². The second kappa shape index (κ2) is 9.71. The molecule has 3 atom stereocenters. The first-order valence-electron chi connectivity index (χ1n) is 11.9. The first kappa shape index (κ1) is 25.1. The van der Waals surface area contributed by atoms with Crippen molar-refractivity contribution < 1.29 is 14.4 Å². The van der Waals surface area contributed by atoms with Crippen LogP contribution in [-0.4, -0.2) is 63.4 Å². The normalized spacial score (nSPS) is 21.1. The average molecular weight is 542 g/mol. The van der Waals surface area contributed by atoms with Crippen LogP contribution < -0.4 is 16.5 Å². The molecule has 4 N–H and O–H groups in total. The lowest BCUT2D eigenvalue weighted by Crippen LogP contribution is -2.53. The highest BCUT2D eigenvalue weighted by Crippen LogP contribution is 2.36. The maximum atomic E-state index is 13.1. The van der Waals surface area contributed by atoms with E-state index in [2.05, 4.69) is 15.7 Å². The standard InChI is InChI=1S/C25H28ClN7O3S/c1-31(2)25(36)14-6-16(28-23(35)24-29-19-11-32(3)12-21(19)37-24)10-17(7-14)33-20(22(27)34)8-13-4-5-15(26)9-18(13)30-33/h4-5,8-9,11-12,14,16-17,30H,6-7,10H2,1-3H3,(H2,27,34)(H,28,35)/t14-,16?,17?/m1/s1. The number of primary amides is 1. The summed E-state index contributed by atoms with van der Waals surface area (Å²) in [6, 6.07) is 4.72. The molecule has 1 fully saturated rings. The minimum atomic E-state index is -0.593. The number of benzene rings is 1. The summed E-state index contributed by atoms with van der Waals surface area (Å²) < 4.78 is 2.83. The van der Waals surface area contributed by atoms with Gasteiger partial charge in [0.1, 0.15) is 5.70 Å². The molecular weight excluding hydrogens is 514 g/mol. The zero-order valence-electron chi connectivity index (χ0n) is 20.7. The molecule has 37 heavy (non-hydrogen) atoms. The first-order valence-corrected chi connectivity index (χ1v) is 13.1. The molecule has 2 aromatic heterocycles. The summed E-state index contributed by atoms with van der Waals surface area (Å²) in [6.45, 7) is 0. The fourth-order valence-corrected chi connectivity index (χ4v) is 6.21. The van der Waals surface area contributed by atoms with Gasteiger partial charge in [-0.1, -0.05) is 17.7 Å². The largest absolute Gasteiger partial charge is 0.364 e. The number of hydrazine groups is 1. The van der Waals surface area contributed by atoms with E-state index >= 15 is 0 Å². The van der Waals surface area contributed by atoms with Crippen LogP contribution in [0.4, 0.5) is 5.69 Å². The summed E-state index contributed by atoms with van der Waals surface area (Å²) in [5.74, 6) is -1.26. The Balaban J connectivity index is 1.42. The van der Waals surface area contributed by atoms with E-state index in [1.165, 1.54) is 11.3 Å². The molecule has 0 saturated heterocycles. The van der Waals surface area contributed by atoms with Gasteiger partial charge in [-0.15, -0.1) is 11.3 Å². The number of carbonyl (C=O) groups excluding carboxylic acids is 3. The predicted octanol–water partition coefficient (Wildman–Crippen LogP) is 2.81. The molecule has 2 aliphatic rings. The molecule has 0 radical (unpaired) electrons. The lowest BCUT2D eigenvalue weighted by Gasteiger charge is -2.44. The van der Waals surface area contributed by atoms with Crippen molar-refractivity contribution in [2.75, 3.05) is 19.5 Å². The van der Waals surface area contributed by atoms with Crippen molar-refractivity contribution in [3.63, 3.8) is 0 Å². The molecule has 12 heteroatoms. The third-order valence-electron chi connectivity index (χ3n) is 6.76. The van der Waals surface area contributed by atoms with Crippen molar-refractivity contribution in [1.82, 2.24) is 24.8 Å². The number of halogens is 1. The Morgan fingerprint density at radius 1 is 1.22 bits per heavy atom. The van der Waals surface area contributed by atoms with Crippen molar-refractivity contribution in [2.24, 2.45) is 18.7 Å². The van der Waals surface area contributed by atoms with Gasteiger partial charge in [0.2, 0.25) is 5.91 Å². The smallest absolute Gasteiger partial charge is 0.280 e. The first-order chi connectivity index (χ1) is 17.6. The van der Waals surface area contributed by atoms with Gasteiger partial charge in [0.05, 0.1) is 21.9 Å². The molecule has 0 spiro atoms. The van der Waals surface area contributed by atoms with E-state index in [9.17, 15) is 14.4 Å². The van der Waals surface area contributed by atoms with Crippen LogP contribution >= 0.6 is 22.9 Å². The van der Waals surface area contributed by atoms with Gasteiger partial charge in [0.15, 0.2) is 5.01 Å². The Morgan fingerprint density at radius 3 is 2.70 bits per heavy atom. The molecule has 5 rings (SSSR count). The predicted molar refractivity (Wildman–Crippen MR) is 144 cm³/mol. The molecule has 10 nitrogen and oxygen atoms in total. The Morgan fingerprint density at radius 2 is 2.00 bits per heavy atom. The van der Waals surface area contributed by atoms with Crippen LogP contribution in [-0.2, 0) is 16.6 Å². The molecule has 3 amide bonds. The fourth-order valence-electron chi connectivity index (χ4n) is 5.11. The van der Waals surface area contributed by atoms with E-state index in [-0.39, 0.29) is 35.5 Å². The molecule has 3 aromatic rings. The average Bonchev–Trinajstić information content (AvgIpc) is 3.40. The van der Waals surface area contributed by atoms with Crippen molar-refractivity contribution in [2.45, 2.75) is 31.3 Å². The van der Waals surface area contributed by atoms with Crippen LogP contribution in [0.2, 0.25) is 5.02 Å². The topological polar surface area (TPSA) is 126 Å². The van der Waals surface area contributed by atoms with Gasteiger partial charge in [0.25, 0.3) is 11.8 Å². The number of anilines is 1. The van der Waals surface area contributed by atoms with E-state index in [0.29, 0.717) is 29.3 Å². The number of carbonyl (C=O) groups is 3. The van der Waals surface area contributed by atoms with E-state index in [0.717, 1.165) is 21.5 Å². The van der Waals surface area contributed by atoms with Crippen LogP contribution in [0, 0.1) is 5.92 Å². The monoisotopic (exact) mass is 541 g/mol. The Hall–Kier alpha value is -3.57. The van der Waals surface area contributed by atoms with Crippen LogP contribution in [0.25, 0.3) is 16.3 Å². The van der Waals surface area contributed by atoms with E-state index < -0.39 is 5.91 Å². The maximum Gasteiger partial charge on any atom is 0.280 e. The minimum Gasteiger partial charge on any atom is -0.364 e. The number of fused-ring (bicyclic) bond motifs is 2. The van der Waals surface area contributed by atoms with E-state index in [4.69, 9.17) is 17.3 Å². The number of hydrogen-bond acceptors (Lipinski definition) is 7. The number of hydrogen-bond donors (Lipinski definition) is 3. The number of amides is 3. The Kier molecular flexibility index (Phi) is 6.59. The summed E-state index contributed by atoms with van der Waals surface area (Å²) in [5.41, 5.74) is 11.6. The van der Waals surface area contributed by atoms with Gasteiger partial charge in [-0.3, -0.25) is 24.8 Å². The molecule has 1 aliphatic carbocycles. The lowest BCUT2D eigenvalue weighted by molar-refractivity contribution is -0.134. The number of aromatic nitrogens is 2. The Labute approximate surface area is 223 Å². The van der Waals surface area contributed by atoms with Gasteiger partial charge in [-0.25, -0.2) is 4.98 Å². The molecule has 3 heterocycles. The highest BCUT2D eigenvalue weighted by atomic mass is 35.5. The fraction of sp³-hybridized carbons (Fsp3) is 0.360. The number of thiazole rings is 1. The van der Waals surface area contributed by atoms with E-state index in [1.807, 2.05) is 30.1 Å². The van der Waals surface area contributed by atoms with Crippen LogP contribution in [0.15, 0.2) is 36.3 Å². The van der Waals surface area contributed by atoms with Gasteiger partial charge in [-0.05, 0) is 37.5 Å². The summed E-state index contributed by atoms with van der Waals surface area (Å²) in [4.78, 5) is 44.6. The van der Waals surface area contributed by atoms with Crippen molar-refractivity contribution in [3.8, 4) is 0 Å². The molecule has 1 saturated carbocycles. The number of nitrogens with one attached hydrogen (secondary N) is 2. The van der Waals surface area contributed by atoms with Gasteiger partial charge in [-0.2, -0.15) is 0 Å². The molecule has 0 bridgehead atoms. The summed E-state index contributed by atoms with van der Waals surface area (Å²) in [6.07, 6.45) is 6.99. The van der Waals surface area contributed by atoms with Gasteiger partial charge in [0, 0.05) is 56.1 Å². The van der Waals surface area contributed by atoms with Crippen molar-refractivity contribution >= 4 is 62.6 Å². The van der Waals surface area contributed by atoms with Crippen LogP contribution in [0.3, 0.4) is 0 Å². The third-order valence-corrected chi connectivity index (χ3v) is 7.99. The number of rotatable bonds is 5. The number of nitrogens with zero attached hydrogens (tertiary/aromatic N) is 4. The summed E-state index contributed by atoms with van der Waals surface area (Å²) >= 11 is 7.53. The molecule has 194 valence electrons. The highest BCUT2D eigenvalue weighted by molar-refractivity contribution is 7.20. The second-order valence-corrected chi connectivity index (χ2v) is 11.2. The second-order valence-electron chi connectivity index (χ2n) is 9.76. The van der Waals surface area contributed by atoms with E-state index in [1.54, 1.807) is 42.2 Å². The number of aryl methyl sites for hydroxylation is 1. The lowest BCUT2D eigenvalue weighted by atomic mass is 9.81.